The third-order valence-corrected chi connectivity index (χ3v) is 4.47. The Balaban J connectivity index is 2.55. The monoisotopic (exact) mass is 242 g/mol. The summed E-state index contributed by atoms with van der Waals surface area (Å²) in [6.45, 7) is 7.84. The Kier molecular flexibility index (Phi) is 6.45. The quantitative estimate of drug-likeness (QED) is 0.671. The van der Waals surface area contributed by atoms with E-state index < -0.39 is 0 Å². The molecule has 0 aromatic heterocycles. The van der Waals surface area contributed by atoms with Crippen molar-refractivity contribution in [2.24, 2.45) is 11.7 Å². The van der Waals surface area contributed by atoms with Gasteiger partial charge in [0.1, 0.15) is 0 Å². The Morgan fingerprint density at radius 1 is 1.29 bits per heavy atom. The lowest BCUT2D eigenvalue weighted by molar-refractivity contribution is 0.0466. The van der Waals surface area contributed by atoms with Crippen LogP contribution in [-0.2, 0) is 0 Å². The second-order valence-electron chi connectivity index (χ2n) is 5.62. The van der Waals surface area contributed by atoms with Crippen LogP contribution < -0.4 is 5.73 Å². The molecule has 3 nitrogen and oxygen atoms in total. The van der Waals surface area contributed by atoms with E-state index in [0.29, 0.717) is 6.61 Å². The van der Waals surface area contributed by atoms with E-state index >= 15 is 0 Å². The predicted octanol–water partition coefficient (Wildman–Crippen LogP) is 1.99. The SMILES string of the molecule is CCN(CCCCO)C1(CN)CCC(C)CC1. The van der Waals surface area contributed by atoms with E-state index in [-0.39, 0.29) is 5.54 Å². The maximum Gasteiger partial charge on any atom is 0.0431 e. The number of nitrogens with two attached hydrogens (primary N) is 1. The topological polar surface area (TPSA) is 49.5 Å². The molecule has 3 N–H and O–H groups in total. The molecule has 0 heterocycles. The zero-order chi connectivity index (χ0) is 12.7. The molecular formula is C14H30N2O. The van der Waals surface area contributed by atoms with Crippen LogP contribution in [0.4, 0.5) is 0 Å². The largest absolute Gasteiger partial charge is 0.396 e. The molecule has 0 saturated heterocycles. The van der Waals surface area contributed by atoms with Crippen molar-refractivity contribution in [1.82, 2.24) is 4.90 Å². The van der Waals surface area contributed by atoms with Gasteiger partial charge in [-0.25, -0.2) is 0 Å². The van der Waals surface area contributed by atoms with Gasteiger partial charge in [0, 0.05) is 18.7 Å². The molecule has 0 spiro atoms. The van der Waals surface area contributed by atoms with Crippen molar-refractivity contribution in [3.63, 3.8) is 0 Å². The smallest absolute Gasteiger partial charge is 0.0431 e. The molecule has 1 fully saturated rings. The second-order valence-corrected chi connectivity index (χ2v) is 5.62. The van der Waals surface area contributed by atoms with Crippen LogP contribution in [0, 0.1) is 5.92 Å². The van der Waals surface area contributed by atoms with Gasteiger partial charge >= 0.3 is 0 Å². The number of hydrogen-bond donors (Lipinski definition) is 2. The van der Waals surface area contributed by atoms with Crippen LogP contribution in [-0.4, -0.2) is 41.8 Å². The summed E-state index contributed by atoms with van der Waals surface area (Å²) < 4.78 is 0. The zero-order valence-corrected chi connectivity index (χ0v) is 11.6. The average Bonchev–Trinajstić information content (AvgIpc) is 2.37. The van der Waals surface area contributed by atoms with E-state index in [4.69, 9.17) is 10.8 Å². The number of rotatable bonds is 7. The summed E-state index contributed by atoms with van der Waals surface area (Å²) in [6, 6.07) is 0. The Morgan fingerprint density at radius 3 is 2.41 bits per heavy atom. The average molecular weight is 242 g/mol. The van der Waals surface area contributed by atoms with E-state index in [1.54, 1.807) is 0 Å². The molecule has 0 radical (unpaired) electrons. The van der Waals surface area contributed by atoms with E-state index in [1.807, 2.05) is 0 Å². The first kappa shape index (κ1) is 14.9. The number of nitrogens with zero attached hydrogens (tertiary/aromatic N) is 1. The van der Waals surface area contributed by atoms with Gasteiger partial charge in [-0.2, -0.15) is 0 Å². The van der Waals surface area contributed by atoms with E-state index in [1.165, 1.54) is 25.7 Å². The number of unbranched alkanes of at least 4 members (excludes halogenated alkanes) is 1. The van der Waals surface area contributed by atoms with Crippen molar-refractivity contribution >= 4 is 0 Å². The summed E-state index contributed by atoms with van der Waals surface area (Å²) >= 11 is 0. The van der Waals surface area contributed by atoms with Gasteiger partial charge < -0.3 is 10.8 Å². The number of likely N-dealkylation sites (N-methyl/N-ethyl adjacent to an activating group) is 1. The maximum atomic E-state index is 8.88. The summed E-state index contributed by atoms with van der Waals surface area (Å²) in [7, 11) is 0. The Hall–Kier alpha value is -0.120. The highest BCUT2D eigenvalue weighted by Crippen LogP contribution is 2.35. The van der Waals surface area contributed by atoms with Crippen molar-refractivity contribution in [2.45, 2.75) is 57.9 Å². The minimum Gasteiger partial charge on any atom is -0.396 e. The van der Waals surface area contributed by atoms with Crippen molar-refractivity contribution in [3.8, 4) is 0 Å². The molecule has 1 aliphatic rings. The fourth-order valence-corrected chi connectivity index (χ4v) is 3.09. The molecule has 0 amide bonds. The molecule has 1 aliphatic carbocycles. The maximum absolute atomic E-state index is 8.88. The fraction of sp³-hybridized carbons (Fsp3) is 1.00. The van der Waals surface area contributed by atoms with Crippen molar-refractivity contribution in [1.29, 1.82) is 0 Å². The molecule has 0 unspecified atom stereocenters. The lowest BCUT2D eigenvalue weighted by Gasteiger charge is -2.47. The third kappa shape index (κ3) is 3.94. The lowest BCUT2D eigenvalue weighted by Crippen LogP contribution is -2.55. The molecule has 3 heteroatoms. The highest BCUT2D eigenvalue weighted by molar-refractivity contribution is 4.95. The van der Waals surface area contributed by atoms with E-state index in [0.717, 1.165) is 38.4 Å². The van der Waals surface area contributed by atoms with Crippen LogP contribution in [0.5, 0.6) is 0 Å². The van der Waals surface area contributed by atoms with Gasteiger partial charge in [0.15, 0.2) is 0 Å². The summed E-state index contributed by atoms with van der Waals surface area (Å²) in [5.41, 5.74) is 6.32. The minimum atomic E-state index is 0.247. The van der Waals surface area contributed by atoms with Crippen molar-refractivity contribution < 1.29 is 5.11 Å². The first-order chi connectivity index (χ1) is 8.18. The third-order valence-electron chi connectivity index (χ3n) is 4.47. The van der Waals surface area contributed by atoms with Crippen LogP contribution in [0.2, 0.25) is 0 Å². The molecule has 0 bridgehead atoms. The molecule has 1 saturated carbocycles. The first-order valence-corrected chi connectivity index (χ1v) is 7.24. The van der Waals surface area contributed by atoms with Gasteiger partial charge in [0.25, 0.3) is 0 Å². The van der Waals surface area contributed by atoms with Gasteiger partial charge in [-0.1, -0.05) is 13.8 Å². The predicted molar refractivity (Wildman–Crippen MR) is 73.0 cm³/mol. The molecule has 1 rings (SSSR count). The lowest BCUT2D eigenvalue weighted by atomic mass is 9.76. The van der Waals surface area contributed by atoms with Crippen molar-refractivity contribution in [3.05, 3.63) is 0 Å². The molecule has 0 atom stereocenters. The summed E-state index contributed by atoms with van der Waals surface area (Å²) in [6.07, 6.45) is 7.12. The van der Waals surface area contributed by atoms with Crippen LogP contribution in [0.15, 0.2) is 0 Å². The minimum absolute atomic E-state index is 0.247. The second kappa shape index (κ2) is 7.34. The fourth-order valence-electron chi connectivity index (χ4n) is 3.09. The van der Waals surface area contributed by atoms with Gasteiger partial charge in [-0.05, 0) is 57.5 Å². The first-order valence-electron chi connectivity index (χ1n) is 7.24. The van der Waals surface area contributed by atoms with Crippen LogP contribution in [0.25, 0.3) is 0 Å². The van der Waals surface area contributed by atoms with Crippen LogP contribution >= 0.6 is 0 Å². The van der Waals surface area contributed by atoms with E-state index in [9.17, 15) is 0 Å². The molecule has 0 aromatic rings. The Labute approximate surface area is 106 Å². The summed E-state index contributed by atoms with van der Waals surface area (Å²) in [5.74, 6) is 0.867. The number of aliphatic hydroxyl groups is 1. The van der Waals surface area contributed by atoms with Gasteiger partial charge in [-0.3, -0.25) is 4.90 Å². The Bertz CT molecular complexity index is 200. The summed E-state index contributed by atoms with van der Waals surface area (Å²) in [5, 5.41) is 8.88. The molecule has 17 heavy (non-hydrogen) atoms. The highest BCUT2D eigenvalue weighted by atomic mass is 16.2. The normalized spacial score (nSPS) is 29.8. The van der Waals surface area contributed by atoms with Gasteiger partial charge in [-0.15, -0.1) is 0 Å². The standard InChI is InChI=1S/C14H30N2O/c1-3-16(10-4-5-11-17)14(12-15)8-6-13(2)7-9-14/h13,17H,3-12,15H2,1-2H3. The highest BCUT2D eigenvalue weighted by Gasteiger charge is 2.37. The Morgan fingerprint density at radius 2 is 1.94 bits per heavy atom. The zero-order valence-electron chi connectivity index (χ0n) is 11.6. The van der Waals surface area contributed by atoms with Gasteiger partial charge in [0.2, 0.25) is 0 Å². The van der Waals surface area contributed by atoms with Crippen LogP contribution in [0.1, 0.15) is 52.4 Å². The van der Waals surface area contributed by atoms with E-state index in [2.05, 4.69) is 18.7 Å². The molecule has 0 aromatic carbocycles. The molecule has 102 valence electrons. The number of hydrogen-bond acceptors (Lipinski definition) is 3. The number of aliphatic hydroxyl groups excluding tert-OH is 1. The van der Waals surface area contributed by atoms with Crippen LogP contribution in [0.3, 0.4) is 0 Å². The summed E-state index contributed by atoms with van der Waals surface area (Å²) in [4.78, 5) is 2.56. The molecule has 0 aliphatic heterocycles. The molecular weight excluding hydrogens is 212 g/mol. The van der Waals surface area contributed by atoms with Gasteiger partial charge in [0.05, 0.1) is 0 Å². The van der Waals surface area contributed by atoms with Crippen molar-refractivity contribution in [2.75, 3.05) is 26.2 Å².